The van der Waals surface area contributed by atoms with Gasteiger partial charge in [-0.05, 0) is 27.9 Å². The fourth-order valence-corrected chi connectivity index (χ4v) is 1.06. The van der Waals surface area contributed by atoms with Gasteiger partial charge in [0.1, 0.15) is 0 Å². The van der Waals surface area contributed by atoms with Crippen molar-refractivity contribution in [3.05, 3.63) is 0 Å². The maximum atomic E-state index is 11.1. The van der Waals surface area contributed by atoms with Gasteiger partial charge in [-0.3, -0.25) is 10.2 Å². The molecule has 4 heteroatoms. The molecule has 0 atom stereocenters. The van der Waals surface area contributed by atoms with Crippen LogP contribution in [0.5, 0.6) is 0 Å². The van der Waals surface area contributed by atoms with Gasteiger partial charge in [0.25, 0.3) is 0 Å². The summed E-state index contributed by atoms with van der Waals surface area (Å²) in [7, 11) is 3.84. The summed E-state index contributed by atoms with van der Waals surface area (Å²) >= 11 is 0. The summed E-state index contributed by atoms with van der Waals surface area (Å²) in [6.07, 6.45) is 0. The second-order valence-electron chi connectivity index (χ2n) is 3.60. The smallest absolute Gasteiger partial charge is 0.240 e. The Kier molecular flexibility index (Phi) is 3.48. The maximum absolute atomic E-state index is 11.1. The van der Waals surface area contributed by atoms with Crippen LogP contribution in [0, 0.1) is 5.41 Å². The van der Waals surface area contributed by atoms with E-state index in [1.807, 2.05) is 32.8 Å². The zero-order valence-electron chi connectivity index (χ0n) is 7.64. The quantitative estimate of drug-likeness (QED) is 0.333. The second kappa shape index (κ2) is 3.69. The van der Waals surface area contributed by atoms with E-state index in [4.69, 9.17) is 5.84 Å². The first-order chi connectivity index (χ1) is 4.90. The van der Waals surface area contributed by atoms with Crippen LogP contribution in [0.2, 0.25) is 0 Å². The molecule has 0 aliphatic rings. The Morgan fingerprint density at radius 1 is 1.55 bits per heavy atom. The van der Waals surface area contributed by atoms with E-state index in [0.29, 0.717) is 6.54 Å². The number of rotatable bonds is 3. The van der Waals surface area contributed by atoms with Crippen molar-refractivity contribution >= 4 is 5.91 Å². The third-order valence-electron chi connectivity index (χ3n) is 1.46. The van der Waals surface area contributed by atoms with Crippen molar-refractivity contribution in [2.24, 2.45) is 11.3 Å². The highest BCUT2D eigenvalue weighted by Crippen LogP contribution is 2.14. The summed E-state index contributed by atoms with van der Waals surface area (Å²) in [5.41, 5.74) is 1.73. The van der Waals surface area contributed by atoms with E-state index in [-0.39, 0.29) is 5.91 Å². The van der Waals surface area contributed by atoms with Gasteiger partial charge < -0.3 is 4.90 Å². The Labute approximate surface area is 67.7 Å². The zero-order valence-corrected chi connectivity index (χ0v) is 7.64. The van der Waals surface area contributed by atoms with E-state index < -0.39 is 5.41 Å². The van der Waals surface area contributed by atoms with Gasteiger partial charge in [0, 0.05) is 6.54 Å². The van der Waals surface area contributed by atoms with E-state index in [2.05, 4.69) is 5.43 Å². The monoisotopic (exact) mass is 159 g/mol. The van der Waals surface area contributed by atoms with Gasteiger partial charge in [-0.1, -0.05) is 0 Å². The minimum Gasteiger partial charge on any atom is -0.308 e. The van der Waals surface area contributed by atoms with Crippen LogP contribution in [0.25, 0.3) is 0 Å². The molecule has 11 heavy (non-hydrogen) atoms. The van der Waals surface area contributed by atoms with Gasteiger partial charge in [-0.25, -0.2) is 5.84 Å². The lowest BCUT2D eigenvalue weighted by atomic mass is 9.92. The van der Waals surface area contributed by atoms with Crippen LogP contribution < -0.4 is 11.3 Å². The average molecular weight is 159 g/mol. The fourth-order valence-electron chi connectivity index (χ4n) is 1.06. The molecule has 0 saturated carbocycles. The van der Waals surface area contributed by atoms with Crippen molar-refractivity contribution in [2.75, 3.05) is 20.6 Å². The highest BCUT2D eigenvalue weighted by atomic mass is 16.2. The lowest BCUT2D eigenvalue weighted by molar-refractivity contribution is -0.130. The highest BCUT2D eigenvalue weighted by molar-refractivity contribution is 5.81. The van der Waals surface area contributed by atoms with Crippen LogP contribution in [0.3, 0.4) is 0 Å². The number of carbonyl (C=O) groups is 1. The van der Waals surface area contributed by atoms with E-state index in [1.165, 1.54) is 0 Å². The summed E-state index contributed by atoms with van der Waals surface area (Å²) in [5.74, 6) is 4.88. The molecular weight excluding hydrogens is 142 g/mol. The molecule has 4 nitrogen and oxygen atoms in total. The summed E-state index contributed by atoms with van der Waals surface area (Å²) in [4.78, 5) is 13.1. The molecule has 0 fully saturated rings. The summed E-state index contributed by atoms with van der Waals surface area (Å²) in [6.45, 7) is 4.40. The second-order valence-corrected chi connectivity index (χ2v) is 3.60. The molecule has 0 radical (unpaired) electrons. The van der Waals surface area contributed by atoms with Crippen molar-refractivity contribution in [2.45, 2.75) is 13.8 Å². The minimum atomic E-state index is -0.418. The van der Waals surface area contributed by atoms with Crippen molar-refractivity contribution in [1.82, 2.24) is 10.3 Å². The number of carbonyl (C=O) groups excluding carboxylic acids is 1. The van der Waals surface area contributed by atoms with Crippen LogP contribution in [0.1, 0.15) is 13.8 Å². The van der Waals surface area contributed by atoms with Gasteiger partial charge >= 0.3 is 0 Å². The highest BCUT2D eigenvalue weighted by Gasteiger charge is 2.27. The van der Waals surface area contributed by atoms with E-state index in [9.17, 15) is 4.79 Å². The molecule has 0 aromatic heterocycles. The van der Waals surface area contributed by atoms with Crippen molar-refractivity contribution in [3.8, 4) is 0 Å². The SMILES string of the molecule is CN(C)CC(C)(C)C(=O)NN. The number of nitrogens with one attached hydrogen (secondary N) is 1. The summed E-state index contributed by atoms with van der Waals surface area (Å²) in [5, 5.41) is 0. The summed E-state index contributed by atoms with van der Waals surface area (Å²) < 4.78 is 0. The van der Waals surface area contributed by atoms with Crippen LogP contribution in [0.15, 0.2) is 0 Å². The standard InChI is InChI=1S/C7H17N3O/c1-7(2,5-10(3)4)6(11)9-8/h5,8H2,1-4H3,(H,9,11). The van der Waals surface area contributed by atoms with Gasteiger partial charge in [-0.2, -0.15) is 0 Å². The average Bonchev–Trinajstić information content (AvgIpc) is 1.83. The van der Waals surface area contributed by atoms with Crippen molar-refractivity contribution in [1.29, 1.82) is 0 Å². The Hall–Kier alpha value is -0.610. The van der Waals surface area contributed by atoms with Gasteiger partial charge in [-0.15, -0.1) is 0 Å². The van der Waals surface area contributed by atoms with Crippen LogP contribution in [0.4, 0.5) is 0 Å². The molecule has 0 aliphatic carbocycles. The van der Waals surface area contributed by atoms with E-state index in [1.54, 1.807) is 0 Å². The molecule has 0 saturated heterocycles. The predicted octanol–water partition coefficient (Wildman–Crippen LogP) is -0.436. The number of nitrogens with zero attached hydrogens (tertiary/aromatic N) is 1. The fraction of sp³-hybridized carbons (Fsp3) is 0.857. The number of amides is 1. The van der Waals surface area contributed by atoms with Crippen LogP contribution >= 0.6 is 0 Å². The molecule has 1 amide bonds. The van der Waals surface area contributed by atoms with Gasteiger partial charge in [0.15, 0.2) is 0 Å². The largest absolute Gasteiger partial charge is 0.308 e. The summed E-state index contributed by atoms with van der Waals surface area (Å²) in [6, 6.07) is 0. The van der Waals surface area contributed by atoms with Gasteiger partial charge in [0.2, 0.25) is 5.91 Å². The molecular formula is C7H17N3O. The lowest BCUT2D eigenvalue weighted by Gasteiger charge is -2.25. The number of hydrazine groups is 1. The predicted molar refractivity (Wildman–Crippen MR) is 44.7 cm³/mol. The van der Waals surface area contributed by atoms with Crippen LogP contribution in [-0.2, 0) is 4.79 Å². The molecule has 0 rings (SSSR count). The molecule has 0 spiro atoms. The maximum Gasteiger partial charge on any atom is 0.240 e. The van der Waals surface area contributed by atoms with Crippen molar-refractivity contribution < 1.29 is 4.79 Å². The van der Waals surface area contributed by atoms with Crippen molar-refractivity contribution in [3.63, 3.8) is 0 Å². The lowest BCUT2D eigenvalue weighted by Crippen LogP contribution is -2.45. The first-order valence-electron chi connectivity index (χ1n) is 3.56. The third kappa shape index (κ3) is 3.34. The molecule has 0 unspecified atom stereocenters. The minimum absolute atomic E-state index is 0.133. The first kappa shape index (κ1) is 10.4. The number of hydrogen-bond acceptors (Lipinski definition) is 3. The number of nitrogens with two attached hydrogens (primary N) is 1. The molecule has 66 valence electrons. The molecule has 0 aromatic carbocycles. The molecule has 3 N–H and O–H groups in total. The third-order valence-corrected chi connectivity index (χ3v) is 1.46. The molecule has 0 aromatic rings. The Bertz CT molecular complexity index is 143. The zero-order chi connectivity index (χ0) is 9.07. The molecule has 0 bridgehead atoms. The van der Waals surface area contributed by atoms with Gasteiger partial charge in [0.05, 0.1) is 5.41 Å². The van der Waals surface area contributed by atoms with Crippen LogP contribution in [-0.4, -0.2) is 31.4 Å². The number of hydrogen-bond donors (Lipinski definition) is 2. The van der Waals surface area contributed by atoms with E-state index in [0.717, 1.165) is 0 Å². The van der Waals surface area contributed by atoms with E-state index >= 15 is 0 Å². The Morgan fingerprint density at radius 2 is 2.00 bits per heavy atom. The first-order valence-corrected chi connectivity index (χ1v) is 3.56. The molecule has 0 heterocycles. The topological polar surface area (TPSA) is 58.4 Å². The normalized spacial score (nSPS) is 11.8. The molecule has 0 aliphatic heterocycles. The Morgan fingerprint density at radius 3 is 2.27 bits per heavy atom. The Balaban J connectivity index is 4.09.